The molecule has 1 aromatic heterocycles. The third-order valence-corrected chi connectivity index (χ3v) is 5.93. The van der Waals surface area contributed by atoms with E-state index >= 15 is 0 Å². The average molecular weight is 469 g/mol. The highest BCUT2D eigenvalue weighted by Crippen LogP contribution is 2.40. The van der Waals surface area contributed by atoms with Gasteiger partial charge in [0.05, 0.1) is 28.4 Å². The van der Waals surface area contributed by atoms with Crippen LogP contribution in [-0.2, 0) is 16.1 Å². The van der Waals surface area contributed by atoms with Crippen molar-refractivity contribution < 1.29 is 19.4 Å². The number of ketones is 1. The SMILES string of the molecule is COc1cccc(CN2C(=O)C(=O)/C(=C(\O)c3ccc(Cl)c(Cl)c3)C2c2ccccn2)c1. The van der Waals surface area contributed by atoms with Crippen molar-refractivity contribution in [3.63, 3.8) is 0 Å². The summed E-state index contributed by atoms with van der Waals surface area (Å²) in [5.74, 6) is -1.24. The fraction of sp³-hybridized carbons (Fsp3) is 0.125. The molecule has 8 heteroatoms. The van der Waals surface area contributed by atoms with Crippen LogP contribution in [-0.4, -0.2) is 33.8 Å². The highest BCUT2D eigenvalue weighted by atomic mass is 35.5. The number of Topliss-reactive ketones (excluding diaryl/α,β-unsaturated/α-hetero) is 1. The first kappa shape index (κ1) is 21.9. The van der Waals surface area contributed by atoms with Gasteiger partial charge in [-0.15, -0.1) is 0 Å². The van der Waals surface area contributed by atoms with Gasteiger partial charge >= 0.3 is 0 Å². The first-order valence-electron chi connectivity index (χ1n) is 9.68. The molecule has 1 unspecified atom stereocenters. The molecule has 4 rings (SSSR count). The van der Waals surface area contributed by atoms with Gasteiger partial charge < -0.3 is 14.7 Å². The molecule has 2 heterocycles. The largest absolute Gasteiger partial charge is 0.507 e. The highest BCUT2D eigenvalue weighted by molar-refractivity contribution is 6.46. The van der Waals surface area contributed by atoms with Crippen molar-refractivity contribution in [2.75, 3.05) is 7.11 Å². The number of benzene rings is 2. The zero-order valence-electron chi connectivity index (χ0n) is 17.0. The van der Waals surface area contributed by atoms with E-state index in [0.717, 1.165) is 5.56 Å². The monoisotopic (exact) mass is 468 g/mol. The van der Waals surface area contributed by atoms with Crippen molar-refractivity contribution in [1.82, 2.24) is 9.88 Å². The highest BCUT2D eigenvalue weighted by Gasteiger charge is 2.46. The molecule has 1 aliphatic heterocycles. The third kappa shape index (κ3) is 4.07. The van der Waals surface area contributed by atoms with Crippen molar-refractivity contribution in [2.24, 2.45) is 0 Å². The number of methoxy groups -OCH3 is 1. The first-order valence-corrected chi connectivity index (χ1v) is 10.4. The maximum atomic E-state index is 13.1. The van der Waals surface area contributed by atoms with Gasteiger partial charge in [-0.05, 0) is 48.0 Å². The number of aromatic nitrogens is 1. The summed E-state index contributed by atoms with van der Waals surface area (Å²) in [6.45, 7) is 0.126. The van der Waals surface area contributed by atoms with Gasteiger partial charge in [0.25, 0.3) is 11.7 Å². The Bertz CT molecular complexity index is 1230. The summed E-state index contributed by atoms with van der Waals surface area (Å²) in [5, 5.41) is 11.6. The number of aliphatic hydroxyl groups excluding tert-OH is 1. The smallest absolute Gasteiger partial charge is 0.296 e. The minimum absolute atomic E-state index is 0.0602. The Kier molecular flexibility index (Phi) is 6.17. The van der Waals surface area contributed by atoms with Crippen LogP contribution in [0, 0.1) is 0 Å². The Morgan fingerprint density at radius 2 is 1.88 bits per heavy atom. The number of aliphatic hydroxyl groups is 1. The number of rotatable bonds is 5. The number of hydrogen-bond acceptors (Lipinski definition) is 5. The van der Waals surface area contributed by atoms with Gasteiger partial charge in [0.15, 0.2) is 0 Å². The third-order valence-electron chi connectivity index (χ3n) is 5.19. The van der Waals surface area contributed by atoms with Gasteiger partial charge in [-0.25, -0.2) is 0 Å². The van der Waals surface area contributed by atoms with E-state index in [9.17, 15) is 14.7 Å². The van der Waals surface area contributed by atoms with Gasteiger partial charge in [-0.2, -0.15) is 0 Å². The Morgan fingerprint density at radius 3 is 2.56 bits per heavy atom. The lowest BCUT2D eigenvalue weighted by Gasteiger charge is -2.24. The van der Waals surface area contributed by atoms with Crippen LogP contribution in [0.1, 0.15) is 22.9 Å². The quantitative estimate of drug-likeness (QED) is 0.323. The van der Waals surface area contributed by atoms with E-state index in [4.69, 9.17) is 27.9 Å². The fourth-order valence-electron chi connectivity index (χ4n) is 3.65. The molecule has 1 saturated heterocycles. The Balaban J connectivity index is 1.84. The number of amides is 1. The van der Waals surface area contributed by atoms with Crippen LogP contribution in [0.3, 0.4) is 0 Å². The van der Waals surface area contributed by atoms with Gasteiger partial charge in [0.1, 0.15) is 17.6 Å². The summed E-state index contributed by atoms with van der Waals surface area (Å²) in [4.78, 5) is 31.8. The zero-order chi connectivity index (χ0) is 22.8. The van der Waals surface area contributed by atoms with Crippen molar-refractivity contribution >= 4 is 40.7 Å². The maximum absolute atomic E-state index is 13.1. The topological polar surface area (TPSA) is 79.7 Å². The average Bonchev–Trinajstić information content (AvgIpc) is 3.06. The van der Waals surface area contributed by atoms with Gasteiger partial charge in [-0.1, -0.05) is 41.4 Å². The van der Waals surface area contributed by atoms with Crippen LogP contribution in [0.2, 0.25) is 10.0 Å². The molecule has 162 valence electrons. The van der Waals surface area contributed by atoms with Crippen molar-refractivity contribution in [3.8, 4) is 5.75 Å². The first-order chi connectivity index (χ1) is 15.4. The predicted molar refractivity (Wildman–Crippen MR) is 122 cm³/mol. The maximum Gasteiger partial charge on any atom is 0.296 e. The number of carbonyl (C=O) groups is 2. The number of pyridine rings is 1. The molecule has 1 atom stereocenters. The molecule has 2 aromatic carbocycles. The summed E-state index contributed by atoms with van der Waals surface area (Å²) in [7, 11) is 1.55. The van der Waals surface area contributed by atoms with Gasteiger partial charge in [-0.3, -0.25) is 14.6 Å². The molecule has 1 aliphatic rings. The van der Waals surface area contributed by atoms with E-state index in [0.29, 0.717) is 16.5 Å². The number of halogens is 2. The van der Waals surface area contributed by atoms with E-state index in [1.54, 1.807) is 49.7 Å². The number of carbonyl (C=O) groups excluding carboxylic acids is 2. The zero-order valence-corrected chi connectivity index (χ0v) is 18.5. The van der Waals surface area contributed by atoms with E-state index in [2.05, 4.69) is 4.98 Å². The molecule has 1 N–H and O–H groups in total. The predicted octanol–water partition coefficient (Wildman–Crippen LogP) is 5.02. The van der Waals surface area contributed by atoms with E-state index in [-0.39, 0.29) is 28.5 Å². The summed E-state index contributed by atoms with van der Waals surface area (Å²) in [5.41, 5.74) is 1.44. The second-order valence-electron chi connectivity index (χ2n) is 7.16. The van der Waals surface area contributed by atoms with Gasteiger partial charge in [0.2, 0.25) is 0 Å². The van der Waals surface area contributed by atoms with Crippen LogP contribution in [0.5, 0.6) is 5.75 Å². The van der Waals surface area contributed by atoms with Crippen LogP contribution >= 0.6 is 23.2 Å². The second kappa shape index (κ2) is 9.02. The van der Waals surface area contributed by atoms with E-state index in [1.807, 2.05) is 6.07 Å². The van der Waals surface area contributed by atoms with E-state index in [1.165, 1.54) is 23.1 Å². The summed E-state index contributed by atoms with van der Waals surface area (Å²) >= 11 is 12.1. The van der Waals surface area contributed by atoms with Crippen LogP contribution in [0.4, 0.5) is 0 Å². The molecule has 0 saturated carbocycles. The summed E-state index contributed by atoms with van der Waals surface area (Å²) in [6, 6.07) is 16.0. The number of likely N-dealkylation sites (tertiary alicyclic amines) is 1. The lowest BCUT2D eigenvalue weighted by atomic mass is 9.98. The molecule has 1 fully saturated rings. The summed E-state index contributed by atoms with van der Waals surface area (Å²) in [6.07, 6.45) is 1.57. The lowest BCUT2D eigenvalue weighted by molar-refractivity contribution is -0.140. The second-order valence-corrected chi connectivity index (χ2v) is 7.98. The molecule has 32 heavy (non-hydrogen) atoms. The molecule has 0 spiro atoms. The van der Waals surface area contributed by atoms with Crippen LogP contribution < -0.4 is 4.74 Å². The van der Waals surface area contributed by atoms with E-state index < -0.39 is 17.7 Å². The normalized spacial score (nSPS) is 17.6. The molecule has 0 radical (unpaired) electrons. The molecule has 3 aromatic rings. The Morgan fingerprint density at radius 1 is 1.06 bits per heavy atom. The number of nitrogens with zero attached hydrogens (tertiary/aromatic N) is 2. The number of ether oxygens (including phenoxy) is 1. The fourth-order valence-corrected chi connectivity index (χ4v) is 3.95. The van der Waals surface area contributed by atoms with Crippen molar-refractivity contribution in [1.29, 1.82) is 0 Å². The van der Waals surface area contributed by atoms with Crippen LogP contribution in [0.15, 0.2) is 72.4 Å². The van der Waals surface area contributed by atoms with Crippen LogP contribution in [0.25, 0.3) is 5.76 Å². The minimum Gasteiger partial charge on any atom is -0.507 e. The Labute approximate surface area is 194 Å². The molecule has 1 amide bonds. The minimum atomic E-state index is -0.878. The molecule has 0 bridgehead atoms. The number of hydrogen-bond donors (Lipinski definition) is 1. The Hall–Kier alpha value is -3.35. The molecular formula is C24H18Cl2N2O4. The molecule has 0 aliphatic carbocycles. The summed E-state index contributed by atoms with van der Waals surface area (Å²) < 4.78 is 5.26. The van der Waals surface area contributed by atoms with Crippen molar-refractivity contribution in [2.45, 2.75) is 12.6 Å². The van der Waals surface area contributed by atoms with Crippen molar-refractivity contribution in [3.05, 3.63) is 99.3 Å². The lowest BCUT2D eigenvalue weighted by Crippen LogP contribution is -2.29. The molecule has 6 nitrogen and oxygen atoms in total. The standard InChI is InChI=1S/C24H18Cl2N2O4/c1-32-16-6-4-5-14(11-16)13-28-21(19-7-2-3-10-27-19)20(23(30)24(28)31)22(29)15-8-9-17(25)18(26)12-15/h2-12,21,29H,13H2,1H3/b22-20-. The van der Waals surface area contributed by atoms with Gasteiger partial charge in [0, 0.05) is 18.3 Å². The molecular weight excluding hydrogens is 451 g/mol.